The van der Waals surface area contributed by atoms with Crippen LogP contribution in [0, 0.1) is 5.92 Å². The van der Waals surface area contributed by atoms with Gasteiger partial charge in [-0.15, -0.1) is 0 Å². The summed E-state index contributed by atoms with van der Waals surface area (Å²) in [5, 5.41) is 0. The van der Waals surface area contributed by atoms with Crippen molar-refractivity contribution in [3.05, 3.63) is 42.9 Å². The van der Waals surface area contributed by atoms with Gasteiger partial charge in [0, 0.05) is 12.4 Å². The molecule has 0 amide bonds. The summed E-state index contributed by atoms with van der Waals surface area (Å²) in [6, 6.07) is 5.98. The minimum atomic E-state index is 0.444. The molecule has 2 rings (SSSR count). The minimum Gasteiger partial charge on any atom is -0.306 e. The highest BCUT2D eigenvalue weighted by Gasteiger charge is 2.07. The number of fused-ring (bicyclic) bond motifs is 1. The summed E-state index contributed by atoms with van der Waals surface area (Å²) in [5.74, 6) is 0.444. The normalized spacial score (nSPS) is 11.1. The second kappa shape index (κ2) is 3.29. The summed E-state index contributed by atoms with van der Waals surface area (Å²) < 4.78 is 2.02. The molecule has 0 bridgehead atoms. The number of allylic oxidation sites excluding steroid dienone is 1. The minimum absolute atomic E-state index is 0.444. The first-order chi connectivity index (χ1) is 6.68. The van der Waals surface area contributed by atoms with E-state index in [-0.39, 0.29) is 0 Å². The van der Waals surface area contributed by atoms with E-state index in [0.29, 0.717) is 5.92 Å². The van der Waals surface area contributed by atoms with Crippen molar-refractivity contribution in [1.82, 2.24) is 9.38 Å². The Morgan fingerprint density at radius 2 is 2.21 bits per heavy atom. The van der Waals surface area contributed by atoms with Gasteiger partial charge in [0.2, 0.25) is 0 Å². The SMILES string of the molecule is C=C(c1cn2ccccc2n1)C(C)C. The van der Waals surface area contributed by atoms with Gasteiger partial charge >= 0.3 is 0 Å². The Morgan fingerprint density at radius 3 is 2.86 bits per heavy atom. The summed E-state index contributed by atoms with van der Waals surface area (Å²) in [7, 11) is 0. The molecule has 2 heterocycles. The van der Waals surface area contributed by atoms with E-state index in [4.69, 9.17) is 0 Å². The van der Waals surface area contributed by atoms with Crippen molar-refractivity contribution >= 4 is 11.2 Å². The molecule has 0 fully saturated rings. The standard InChI is InChI=1S/C12H14N2/c1-9(2)10(3)11-8-14-7-5-4-6-12(14)13-11/h4-9H,3H2,1-2H3. The lowest BCUT2D eigenvalue weighted by Gasteiger charge is -2.04. The summed E-state index contributed by atoms with van der Waals surface area (Å²) in [5.41, 5.74) is 3.06. The zero-order chi connectivity index (χ0) is 10.1. The molecule has 14 heavy (non-hydrogen) atoms. The van der Waals surface area contributed by atoms with Gasteiger partial charge in [-0.05, 0) is 23.6 Å². The Balaban J connectivity index is 2.50. The van der Waals surface area contributed by atoms with Crippen LogP contribution in [0.4, 0.5) is 0 Å². The highest BCUT2D eigenvalue weighted by atomic mass is 15.0. The summed E-state index contributed by atoms with van der Waals surface area (Å²) in [6.07, 6.45) is 4.02. The predicted octanol–water partition coefficient (Wildman–Crippen LogP) is 3.00. The van der Waals surface area contributed by atoms with E-state index in [1.807, 2.05) is 35.0 Å². The van der Waals surface area contributed by atoms with E-state index >= 15 is 0 Å². The summed E-state index contributed by atoms with van der Waals surface area (Å²) in [4.78, 5) is 4.50. The quantitative estimate of drug-likeness (QED) is 0.704. The average molecular weight is 186 g/mol. The Bertz CT molecular complexity index is 433. The first kappa shape index (κ1) is 9.00. The van der Waals surface area contributed by atoms with Crippen molar-refractivity contribution in [3.63, 3.8) is 0 Å². The summed E-state index contributed by atoms with van der Waals surface area (Å²) >= 11 is 0. The van der Waals surface area contributed by atoms with Crippen molar-refractivity contribution in [2.75, 3.05) is 0 Å². The smallest absolute Gasteiger partial charge is 0.137 e. The second-order valence-corrected chi connectivity index (χ2v) is 3.77. The van der Waals surface area contributed by atoms with Gasteiger partial charge in [-0.25, -0.2) is 4.98 Å². The molecular formula is C12H14N2. The highest BCUT2D eigenvalue weighted by molar-refractivity contribution is 5.63. The van der Waals surface area contributed by atoms with Gasteiger partial charge < -0.3 is 4.40 Å². The molecule has 2 nitrogen and oxygen atoms in total. The third kappa shape index (κ3) is 1.43. The van der Waals surface area contributed by atoms with Crippen LogP contribution in [0.15, 0.2) is 37.2 Å². The molecule has 0 unspecified atom stereocenters. The molecule has 2 aromatic rings. The van der Waals surface area contributed by atoms with Crippen molar-refractivity contribution in [2.24, 2.45) is 5.92 Å². The van der Waals surface area contributed by atoms with Crippen LogP contribution >= 0.6 is 0 Å². The Hall–Kier alpha value is -1.57. The molecule has 0 aliphatic carbocycles. The fourth-order valence-electron chi connectivity index (χ4n) is 1.39. The molecule has 72 valence electrons. The molecule has 0 spiro atoms. The number of aromatic nitrogens is 2. The average Bonchev–Trinajstić information content (AvgIpc) is 2.59. The second-order valence-electron chi connectivity index (χ2n) is 3.77. The maximum atomic E-state index is 4.50. The number of hydrogen-bond donors (Lipinski definition) is 0. The Labute approximate surface area is 83.9 Å². The van der Waals surface area contributed by atoms with E-state index < -0.39 is 0 Å². The van der Waals surface area contributed by atoms with Gasteiger partial charge in [-0.3, -0.25) is 0 Å². The molecule has 0 N–H and O–H groups in total. The van der Waals surface area contributed by atoms with Crippen LogP contribution in [-0.4, -0.2) is 9.38 Å². The van der Waals surface area contributed by atoms with Gasteiger partial charge in [-0.1, -0.05) is 26.5 Å². The van der Waals surface area contributed by atoms with Crippen LogP contribution in [-0.2, 0) is 0 Å². The Morgan fingerprint density at radius 1 is 1.43 bits per heavy atom. The zero-order valence-corrected chi connectivity index (χ0v) is 8.57. The number of rotatable bonds is 2. The van der Waals surface area contributed by atoms with E-state index in [2.05, 4.69) is 25.4 Å². The maximum Gasteiger partial charge on any atom is 0.137 e. The fourth-order valence-corrected chi connectivity index (χ4v) is 1.39. The van der Waals surface area contributed by atoms with Crippen LogP contribution in [0.5, 0.6) is 0 Å². The number of nitrogens with zero attached hydrogens (tertiary/aromatic N) is 2. The van der Waals surface area contributed by atoms with E-state index in [0.717, 1.165) is 16.9 Å². The van der Waals surface area contributed by atoms with Crippen molar-refractivity contribution in [2.45, 2.75) is 13.8 Å². The Kier molecular flexibility index (Phi) is 2.12. The van der Waals surface area contributed by atoms with Crippen molar-refractivity contribution < 1.29 is 0 Å². The third-order valence-corrected chi connectivity index (χ3v) is 2.39. The van der Waals surface area contributed by atoms with E-state index in [9.17, 15) is 0 Å². The van der Waals surface area contributed by atoms with Gasteiger partial charge in [0.1, 0.15) is 5.65 Å². The molecule has 0 aliphatic rings. The topological polar surface area (TPSA) is 17.3 Å². The molecule has 0 aromatic carbocycles. The van der Waals surface area contributed by atoms with Crippen LogP contribution in [0.2, 0.25) is 0 Å². The number of pyridine rings is 1. The lowest BCUT2D eigenvalue weighted by atomic mass is 10.0. The van der Waals surface area contributed by atoms with Gasteiger partial charge in [-0.2, -0.15) is 0 Å². The van der Waals surface area contributed by atoms with Crippen LogP contribution in [0.25, 0.3) is 11.2 Å². The first-order valence-corrected chi connectivity index (χ1v) is 4.81. The van der Waals surface area contributed by atoms with Crippen LogP contribution in [0.3, 0.4) is 0 Å². The lowest BCUT2D eigenvalue weighted by molar-refractivity contribution is 0.853. The predicted molar refractivity (Wildman–Crippen MR) is 59.1 cm³/mol. The lowest BCUT2D eigenvalue weighted by Crippen LogP contribution is -1.91. The van der Waals surface area contributed by atoms with E-state index in [1.54, 1.807) is 0 Å². The van der Waals surface area contributed by atoms with Crippen molar-refractivity contribution in [3.8, 4) is 0 Å². The molecule has 0 saturated carbocycles. The zero-order valence-electron chi connectivity index (χ0n) is 8.57. The van der Waals surface area contributed by atoms with Crippen molar-refractivity contribution in [1.29, 1.82) is 0 Å². The fraction of sp³-hybridized carbons (Fsp3) is 0.250. The van der Waals surface area contributed by atoms with Crippen LogP contribution < -0.4 is 0 Å². The molecule has 0 radical (unpaired) electrons. The first-order valence-electron chi connectivity index (χ1n) is 4.81. The monoisotopic (exact) mass is 186 g/mol. The molecule has 0 atom stereocenters. The highest BCUT2D eigenvalue weighted by Crippen LogP contribution is 2.20. The third-order valence-electron chi connectivity index (χ3n) is 2.39. The van der Waals surface area contributed by atoms with Crippen LogP contribution in [0.1, 0.15) is 19.5 Å². The number of hydrogen-bond acceptors (Lipinski definition) is 1. The van der Waals surface area contributed by atoms with Gasteiger partial charge in [0.05, 0.1) is 5.69 Å². The molecule has 2 heteroatoms. The van der Waals surface area contributed by atoms with Gasteiger partial charge in [0.25, 0.3) is 0 Å². The van der Waals surface area contributed by atoms with Gasteiger partial charge in [0.15, 0.2) is 0 Å². The molecule has 0 aliphatic heterocycles. The molecule has 0 saturated heterocycles. The summed E-state index contributed by atoms with van der Waals surface area (Å²) in [6.45, 7) is 8.31. The van der Waals surface area contributed by atoms with E-state index in [1.165, 1.54) is 0 Å². The largest absolute Gasteiger partial charge is 0.306 e. The molecular weight excluding hydrogens is 172 g/mol. The molecule has 2 aromatic heterocycles. The maximum absolute atomic E-state index is 4.50. The number of imidazole rings is 1.